The van der Waals surface area contributed by atoms with E-state index in [0.29, 0.717) is 42.9 Å². The molecule has 0 radical (unpaired) electrons. The molecule has 1 aromatic heterocycles. The Morgan fingerprint density at radius 3 is 2.96 bits per heavy atom. The molecule has 4 heterocycles. The van der Waals surface area contributed by atoms with Gasteiger partial charge in [-0.1, -0.05) is 0 Å². The first-order valence-electron chi connectivity index (χ1n) is 9.80. The number of nitrogens with zero attached hydrogens (tertiary/aromatic N) is 3. The molecule has 7 nitrogen and oxygen atoms in total. The third-order valence-corrected chi connectivity index (χ3v) is 6.35. The van der Waals surface area contributed by atoms with Crippen LogP contribution in [0, 0.1) is 18.8 Å². The fraction of sp³-hybridized carbons (Fsp3) is 0.737. The lowest BCUT2D eigenvalue weighted by Gasteiger charge is -2.41. The van der Waals surface area contributed by atoms with Crippen LogP contribution in [0.25, 0.3) is 0 Å². The second-order valence-corrected chi connectivity index (χ2v) is 8.13. The smallest absolute Gasteiger partial charge is 0.258 e. The maximum atomic E-state index is 12.6. The molecule has 3 atom stereocenters. The third-order valence-electron chi connectivity index (χ3n) is 6.35. The van der Waals surface area contributed by atoms with Crippen LogP contribution in [0.4, 0.5) is 0 Å². The number of nitrogens with one attached hydrogen (secondary N) is 2. The van der Waals surface area contributed by atoms with Crippen LogP contribution in [0.3, 0.4) is 0 Å². The first-order valence-corrected chi connectivity index (χ1v) is 9.80. The van der Waals surface area contributed by atoms with Crippen LogP contribution >= 0.6 is 0 Å². The van der Waals surface area contributed by atoms with E-state index >= 15 is 0 Å². The fourth-order valence-electron chi connectivity index (χ4n) is 4.69. The predicted octanol–water partition coefficient (Wildman–Crippen LogP) is 0.299. The summed E-state index contributed by atoms with van der Waals surface area (Å²) in [6.45, 7) is 6.03. The Morgan fingerprint density at radius 2 is 2.12 bits per heavy atom. The molecular formula is C19H29N5O2. The van der Waals surface area contributed by atoms with Crippen molar-refractivity contribution in [2.45, 2.75) is 51.7 Å². The number of aryl methyl sites for hydroxylation is 1. The number of fused-ring (bicyclic) bond motifs is 3. The van der Waals surface area contributed by atoms with Gasteiger partial charge in [0.2, 0.25) is 5.91 Å². The van der Waals surface area contributed by atoms with Gasteiger partial charge in [0.05, 0.1) is 24.3 Å². The number of rotatable bonds is 4. The van der Waals surface area contributed by atoms with Gasteiger partial charge < -0.3 is 15.5 Å². The molecule has 2 N–H and O–H groups in total. The first kappa shape index (κ1) is 17.7. The molecule has 26 heavy (non-hydrogen) atoms. The van der Waals surface area contributed by atoms with Crippen molar-refractivity contribution in [3.8, 4) is 0 Å². The minimum Gasteiger partial charge on any atom is -0.332 e. The summed E-state index contributed by atoms with van der Waals surface area (Å²) >= 11 is 0. The molecular weight excluding hydrogens is 330 g/mol. The number of amides is 1. The van der Waals surface area contributed by atoms with Gasteiger partial charge in [-0.2, -0.15) is 0 Å². The van der Waals surface area contributed by atoms with Gasteiger partial charge >= 0.3 is 0 Å². The zero-order valence-electron chi connectivity index (χ0n) is 15.8. The maximum absolute atomic E-state index is 12.6. The van der Waals surface area contributed by atoms with Gasteiger partial charge in [-0.3, -0.25) is 14.2 Å². The summed E-state index contributed by atoms with van der Waals surface area (Å²) in [6.07, 6.45) is 3.81. The van der Waals surface area contributed by atoms with Crippen molar-refractivity contribution < 1.29 is 4.79 Å². The third kappa shape index (κ3) is 3.30. The molecule has 142 valence electrons. The second-order valence-electron chi connectivity index (χ2n) is 8.13. The lowest BCUT2D eigenvalue weighted by molar-refractivity contribution is -0.132. The van der Waals surface area contributed by atoms with Crippen molar-refractivity contribution in [3.05, 3.63) is 27.4 Å². The van der Waals surface area contributed by atoms with Crippen LogP contribution in [-0.2, 0) is 24.9 Å². The summed E-state index contributed by atoms with van der Waals surface area (Å²) in [5.41, 5.74) is 1.43. The van der Waals surface area contributed by atoms with Gasteiger partial charge in [0.15, 0.2) is 0 Å². The van der Waals surface area contributed by atoms with E-state index in [-0.39, 0.29) is 11.5 Å². The highest BCUT2D eigenvalue weighted by Crippen LogP contribution is 2.27. The average Bonchev–Trinajstić information content (AvgIpc) is 3.06. The molecule has 2 saturated heterocycles. The number of hydrogen-bond donors (Lipinski definition) is 2. The van der Waals surface area contributed by atoms with Gasteiger partial charge in [0.25, 0.3) is 5.56 Å². The normalized spacial score (nSPS) is 27.5. The summed E-state index contributed by atoms with van der Waals surface area (Å²) in [4.78, 5) is 31.2. The molecule has 4 rings (SSSR count). The SMILES string of the molecule is Cc1nc2c(c(=O)n1C)CN(C(=O)CCC[C@@H]1NC[C@@H]3CNC[C@H]1C3)C2. The molecule has 1 amide bonds. The van der Waals surface area contributed by atoms with Gasteiger partial charge in [-0.15, -0.1) is 0 Å². The Morgan fingerprint density at radius 1 is 1.27 bits per heavy atom. The maximum Gasteiger partial charge on any atom is 0.258 e. The summed E-state index contributed by atoms with van der Waals surface area (Å²) in [6, 6.07) is 0.527. The Balaban J connectivity index is 1.29. The average molecular weight is 359 g/mol. The van der Waals surface area contributed by atoms with E-state index in [0.717, 1.165) is 44.1 Å². The van der Waals surface area contributed by atoms with E-state index in [9.17, 15) is 9.59 Å². The van der Waals surface area contributed by atoms with Crippen molar-refractivity contribution >= 4 is 5.91 Å². The lowest BCUT2D eigenvalue weighted by Crippen LogP contribution is -2.54. The topological polar surface area (TPSA) is 79.3 Å². The van der Waals surface area contributed by atoms with Crippen LogP contribution < -0.4 is 16.2 Å². The number of piperidine rings is 2. The summed E-state index contributed by atoms with van der Waals surface area (Å²) in [5, 5.41) is 7.21. The number of carbonyl (C=O) groups excluding carboxylic acids is 1. The highest BCUT2D eigenvalue weighted by Gasteiger charge is 2.33. The standard InChI is InChI=1S/C19H29N5O2/c1-12-22-17-11-24(10-15(17)19(26)23(12)2)18(25)5-3-4-16-14-6-13(8-21-16)7-20-9-14/h13-14,16,20-21H,3-11H2,1-2H3/t13-,14+,16-/m0/s1. The zero-order chi connectivity index (χ0) is 18.3. The molecule has 0 saturated carbocycles. The van der Waals surface area contributed by atoms with E-state index in [4.69, 9.17) is 0 Å². The van der Waals surface area contributed by atoms with Crippen molar-refractivity contribution in [2.75, 3.05) is 19.6 Å². The minimum absolute atomic E-state index is 0.0199. The molecule has 0 spiro atoms. The van der Waals surface area contributed by atoms with Gasteiger partial charge in [-0.05, 0) is 57.7 Å². The molecule has 3 aliphatic rings. The zero-order valence-corrected chi connectivity index (χ0v) is 15.8. The van der Waals surface area contributed by atoms with Gasteiger partial charge in [-0.25, -0.2) is 4.98 Å². The summed E-state index contributed by atoms with van der Waals surface area (Å²) in [7, 11) is 1.73. The predicted molar refractivity (Wildman–Crippen MR) is 98.6 cm³/mol. The number of carbonyl (C=O) groups is 1. The number of aromatic nitrogens is 2. The van der Waals surface area contributed by atoms with Crippen molar-refractivity contribution in [1.29, 1.82) is 0 Å². The molecule has 7 heteroatoms. The molecule has 0 unspecified atom stereocenters. The quantitative estimate of drug-likeness (QED) is 0.808. The Kier molecular flexibility index (Phi) is 4.84. The van der Waals surface area contributed by atoms with E-state index in [1.807, 2.05) is 6.92 Å². The Hall–Kier alpha value is -1.73. The van der Waals surface area contributed by atoms with Crippen molar-refractivity contribution in [1.82, 2.24) is 25.1 Å². The highest BCUT2D eigenvalue weighted by atomic mass is 16.2. The van der Waals surface area contributed by atoms with E-state index in [2.05, 4.69) is 15.6 Å². The molecule has 3 aliphatic heterocycles. The fourth-order valence-corrected chi connectivity index (χ4v) is 4.69. The second kappa shape index (κ2) is 7.12. The van der Waals surface area contributed by atoms with E-state index in [1.165, 1.54) is 6.42 Å². The molecule has 2 bridgehead atoms. The summed E-state index contributed by atoms with van der Waals surface area (Å²) < 4.78 is 1.56. The van der Waals surface area contributed by atoms with E-state index < -0.39 is 0 Å². The van der Waals surface area contributed by atoms with Crippen LogP contribution in [-0.4, -0.2) is 46.0 Å². The molecule has 2 fully saturated rings. The van der Waals surface area contributed by atoms with Crippen molar-refractivity contribution in [2.24, 2.45) is 18.9 Å². The molecule has 0 aromatic carbocycles. The van der Waals surface area contributed by atoms with Gasteiger partial charge in [0, 0.05) is 19.5 Å². The molecule has 0 aliphatic carbocycles. The van der Waals surface area contributed by atoms with Crippen LogP contribution in [0.15, 0.2) is 4.79 Å². The Labute approximate surface area is 154 Å². The minimum atomic E-state index is -0.0199. The van der Waals surface area contributed by atoms with E-state index in [1.54, 1.807) is 16.5 Å². The monoisotopic (exact) mass is 359 g/mol. The first-order chi connectivity index (χ1) is 12.5. The van der Waals surface area contributed by atoms with Crippen LogP contribution in [0.5, 0.6) is 0 Å². The lowest BCUT2D eigenvalue weighted by atomic mass is 9.80. The van der Waals surface area contributed by atoms with Crippen LogP contribution in [0.1, 0.15) is 42.8 Å². The summed E-state index contributed by atoms with van der Waals surface area (Å²) in [5.74, 6) is 2.31. The number of hydrogen-bond acceptors (Lipinski definition) is 5. The Bertz CT molecular complexity index is 759. The van der Waals surface area contributed by atoms with Gasteiger partial charge in [0.1, 0.15) is 5.82 Å². The highest BCUT2D eigenvalue weighted by molar-refractivity contribution is 5.76. The largest absolute Gasteiger partial charge is 0.332 e. The van der Waals surface area contributed by atoms with Crippen LogP contribution in [0.2, 0.25) is 0 Å². The van der Waals surface area contributed by atoms with Crippen molar-refractivity contribution in [3.63, 3.8) is 0 Å². The molecule has 1 aromatic rings.